The molecule has 0 fully saturated rings. The summed E-state index contributed by atoms with van der Waals surface area (Å²) in [4.78, 5) is 0. The highest BCUT2D eigenvalue weighted by molar-refractivity contribution is 6.31. The molecule has 1 rings (SSSR count). The predicted octanol–water partition coefficient (Wildman–Crippen LogP) is 4.38. The smallest absolute Gasteiger partial charge is 0.128 e. The quantitative estimate of drug-likeness (QED) is 0.679. The molecule has 1 aromatic carbocycles. The molecule has 0 aliphatic carbocycles. The van der Waals surface area contributed by atoms with Crippen LogP contribution >= 0.6 is 11.6 Å². The molecule has 0 aliphatic heterocycles. The van der Waals surface area contributed by atoms with Crippen molar-refractivity contribution in [3.63, 3.8) is 0 Å². The minimum atomic E-state index is -0.187. The van der Waals surface area contributed by atoms with Gasteiger partial charge in [-0.25, -0.2) is 4.39 Å². The van der Waals surface area contributed by atoms with Gasteiger partial charge < -0.3 is 0 Å². The van der Waals surface area contributed by atoms with Gasteiger partial charge in [-0.1, -0.05) is 37.9 Å². The SMILES string of the molecule is CCCC(C)c1c(F)cccc1Cl. The van der Waals surface area contributed by atoms with Gasteiger partial charge in [-0.2, -0.15) is 0 Å². The fourth-order valence-corrected chi connectivity index (χ4v) is 1.91. The van der Waals surface area contributed by atoms with Crippen molar-refractivity contribution < 1.29 is 4.39 Å². The van der Waals surface area contributed by atoms with Crippen LogP contribution in [0.4, 0.5) is 4.39 Å². The molecule has 1 atom stereocenters. The van der Waals surface area contributed by atoms with E-state index in [2.05, 4.69) is 6.92 Å². The molecule has 0 aromatic heterocycles. The molecular weight excluding hydrogens is 187 g/mol. The minimum absolute atomic E-state index is 0.187. The summed E-state index contributed by atoms with van der Waals surface area (Å²) < 4.78 is 13.3. The summed E-state index contributed by atoms with van der Waals surface area (Å²) in [6.07, 6.45) is 2.02. The van der Waals surface area contributed by atoms with Crippen LogP contribution in [0.5, 0.6) is 0 Å². The number of benzene rings is 1. The fraction of sp³-hybridized carbons (Fsp3) is 0.455. The lowest BCUT2D eigenvalue weighted by Gasteiger charge is -2.12. The molecule has 0 aliphatic rings. The Morgan fingerprint density at radius 1 is 1.46 bits per heavy atom. The first-order valence-electron chi connectivity index (χ1n) is 4.60. The molecule has 13 heavy (non-hydrogen) atoms. The summed E-state index contributed by atoms with van der Waals surface area (Å²) in [5, 5.41) is 0.543. The molecule has 0 nitrogen and oxygen atoms in total. The van der Waals surface area contributed by atoms with Crippen molar-refractivity contribution in [1.29, 1.82) is 0 Å². The maximum absolute atomic E-state index is 13.3. The van der Waals surface area contributed by atoms with Gasteiger partial charge in [0.25, 0.3) is 0 Å². The Morgan fingerprint density at radius 2 is 2.15 bits per heavy atom. The van der Waals surface area contributed by atoms with E-state index in [1.165, 1.54) is 6.07 Å². The van der Waals surface area contributed by atoms with Gasteiger partial charge >= 0.3 is 0 Å². The molecule has 2 heteroatoms. The molecule has 0 bridgehead atoms. The normalized spacial score (nSPS) is 12.9. The van der Waals surface area contributed by atoms with Gasteiger partial charge in [0.1, 0.15) is 5.82 Å². The Morgan fingerprint density at radius 3 is 2.69 bits per heavy atom. The van der Waals surface area contributed by atoms with Crippen molar-refractivity contribution in [2.75, 3.05) is 0 Å². The molecule has 1 unspecified atom stereocenters. The molecule has 0 amide bonds. The van der Waals surface area contributed by atoms with Crippen LogP contribution in [0, 0.1) is 5.82 Å². The molecule has 0 heterocycles. The van der Waals surface area contributed by atoms with Gasteiger partial charge in [0.05, 0.1) is 0 Å². The topological polar surface area (TPSA) is 0 Å². The molecule has 0 saturated carbocycles. The third kappa shape index (κ3) is 2.44. The van der Waals surface area contributed by atoms with Crippen LogP contribution < -0.4 is 0 Å². The maximum Gasteiger partial charge on any atom is 0.128 e. The zero-order valence-electron chi connectivity index (χ0n) is 7.98. The largest absolute Gasteiger partial charge is 0.207 e. The van der Waals surface area contributed by atoms with E-state index in [4.69, 9.17) is 11.6 Å². The third-order valence-electron chi connectivity index (χ3n) is 2.21. The Bertz CT molecular complexity index is 263. The van der Waals surface area contributed by atoms with Crippen LogP contribution in [0.1, 0.15) is 38.2 Å². The van der Waals surface area contributed by atoms with Crippen molar-refractivity contribution in [2.45, 2.75) is 32.6 Å². The maximum atomic E-state index is 13.3. The minimum Gasteiger partial charge on any atom is -0.207 e. The highest BCUT2D eigenvalue weighted by Gasteiger charge is 2.13. The van der Waals surface area contributed by atoms with E-state index in [0.717, 1.165) is 12.8 Å². The lowest BCUT2D eigenvalue weighted by atomic mass is 9.96. The van der Waals surface area contributed by atoms with Crippen molar-refractivity contribution >= 4 is 11.6 Å². The second-order valence-corrected chi connectivity index (χ2v) is 3.73. The van der Waals surface area contributed by atoms with E-state index < -0.39 is 0 Å². The monoisotopic (exact) mass is 200 g/mol. The van der Waals surface area contributed by atoms with Gasteiger partial charge in [0, 0.05) is 10.6 Å². The van der Waals surface area contributed by atoms with E-state index in [0.29, 0.717) is 10.6 Å². The van der Waals surface area contributed by atoms with Gasteiger partial charge in [0.15, 0.2) is 0 Å². The molecule has 0 N–H and O–H groups in total. The van der Waals surface area contributed by atoms with Crippen molar-refractivity contribution in [1.82, 2.24) is 0 Å². The summed E-state index contributed by atoms with van der Waals surface area (Å²) in [5.41, 5.74) is 0.658. The Kier molecular flexibility index (Phi) is 3.73. The molecular formula is C11H14ClF. The number of rotatable bonds is 3. The van der Waals surface area contributed by atoms with E-state index in [9.17, 15) is 4.39 Å². The summed E-state index contributed by atoms with van der Waals surface area (Å²) in [7, 11) is 0. The van der Waals surface area contributed by atoms with Gasteiger partial charge in [-0.15, -0.1) is 0 Å². The van der Waals surface area contributed by atoms with Gasteiger partial charge in [0.2, 0.25) is 0 Å². The predicted molar refractivity (Wildman–Crippen MR) is 54.7 cm³/mol. The van der Waals surface area contributed by atoms with Crippen LogP contribution in [-0.2, 0) is 0 Å². The number of hydrogen-bond acceptors (Lipinski definition) is 0. The molecule has 0 saturated heterocycles. The Balaban J connectivity index is 2.98. The summed E-state index contributed by atoms with van der Waals surface area (Å²) >= 11 is 5.92. The first kappa shape index (κ1) is 10.5. The first-order chi connectivity index (χ1) is 6.16. The average Bonchev–Trinajstić information content (AvgIpc) is 2.04. The molecule has 0 spiro atoms. The van der Waals surface area contributed by atoms with Gasteiger partial charge in [-0.05, 0) is 24.5 Å². The lowest BCUT2D eigenvalue weighted by molar-refractivity contribution is 0.571. The van der Waals surface area contributed by atoms with Crippen molar-refractivity contribution in [2.24, 2.45) is 0 Å². The summed E-state index contributed by atoms with van der Waals surface area (Å²) in [6.45, 7) is 4.10. The Labute approximate surface area is 83.7 Å². The Hall–Kier alpha value is -0.560. The van der Waals surface area contributed by atoms with Crippen LogP contribution in [0.25, 0.3) is 0 Å². The number of hydrogen-bond donors (Lipinski definition) is 0. The highest BCUT2D eigenvalue weighted by Crippen LogP contribution is 2.29. The second kappa shape index (κ2) is 4.61. The van der Waals surface area contributed by atoms with Crippen molar-refractivity contribution in [3.05, 3.63) is 34.6 Å². The number of halogens is 2. The highest BCUT2D eigenvalue weighted by atomic mass is 35.5. The standard InChI is InChI=1S/C11H14ClF/c1-3-5-8(2)11-9(12)6-4-7-10(11)13/h4,6-8H,3,5H2,1-2H3. The van der Waals surface area contributed by atoms with Gasteiger partial charge in [-0.3, -0.25) is 0 Å². The van der Waals surface area contributed by atoms with Crippen LogP contribution in [0.3, 0.4) is 0 Å². The first-order valence-corrected chi connectivity index (χ1v) is 4.98. The van der Waals surface area contributed by atoms with Crippen LogP contribution in [0.2, 0.25) is 5.02 Å². The zero-order chi connectivity index (χ0) is 9.84. The second-order valence-electron chi connectivity index (χ2n) is 3.33. The lowest BCUT2D eigenvalue weighted by Crippen LogP contribution is -1.97. The third-order valence-corrected chi connectivity index (χ3v) is 2.54. The van der Waals surface area contributed by atoms with E-state index in [1.54, 1.807) is 12.1 Å². The van der Waals surface area contributed by atoms with E-state index in [1.807, 2.05) is 6.92 Å². The van der Waals surface area contributed by atoms with E-state index >= 15 is 0 Å². The zero-order valence-corrected chi connectivity index (χ0v) is 8.74. The summed E-state index contributed by atoms with van der Waals surface area (Å²) in [5.74, 6) is 0.0205. The summed E-state index contributed by atoms with van der Waals surface area (Å²) in [6, 6.07) is 4.85. The molecule has 1 aromatic rings. The van der Waals surface area contributed by atoms with Crippen LogP contribution in [-0.4, -0.2) is 0 Å². The fourth-order valence-electron chi connectivity index (χ4n) is 1.56. The molecule has 0 radical (unpaired) electrons. The van der Waals surface area contributed by atoms with Crippen LogP contribution in [0.15, 0.2) is 18.2 Å². The molecule has 72 valence electrons. The van der Waals surface area contributed by atoms with E-state index in [-0.39, 0.29) is 11.7 Å². The average molecular weight is 201 g/mol. The van der Waals surface area contributed by atoms with Crippen molar-refractivity contribution in [3.8, 4) is 0 Å².